The van der Waals surface area contributed by atoms with Crippen LogP contribution < -0.4 is 29.1 Å². The number of nitro benzene ring substituents is 1. The van der Waals surface area contributed by atoms with Crippen LogP contribution in [0.2, 0.25) is 0 Å². The highest BCUT2D eigenvalue weighted by Gasteiger charge is 2.34. The van der Waals surface area contributed by atoms with Gasteiger partial charge in [0.2, 0.25) is 0 Å². The molecule has 1 aromatic heterocycles. The number of allylic oxidation sites excluding steroid dienone is 1. The van der Waals surface area contributed by atoms with Gasteiger partial charge in [-0.2, -0.15) is 0 Å². The van der Waals surface area contributed by atoms with E-state index in [1.807, 2.05) is 32.0 Å². The van der Waals surface area contributed by atoms with E-state index in [1.54, 1.807) is 56.3 Å². The minimum absolute atomic E-state index is 0.0201. The van der Waals surface area contributed by atoms with E-state index < -0.39 is 16.9 Å². The van der Waals surface area contributed by atoms with Crippen molar-refractivity contribution >= 4 is 29.1 Å². The standard InChI is InChI=1S/C34H33N3O8S/c1-5-42-27-17-12-24(19-28(27)43-6-2)31-30(33(39)44-7-3)21(4)35-34-36(31)32(38)29(46-34)18-22-10-15-26(16-11-22)45-20-23-8-13-25(14-9-23)37(40)41/h8-19,31H,5-7,20H2,1-4H3/b29-18-/t31-/m1/s1. The summed E-state index contributed by atoms with van der Waals surface area (Å²) >= 11 is 1.23. The highest BCUT2D eigenvalue weighted by atomic mass is 32.1. The molecule has 11 nitrogen and oxygen atoms in total. The number of rotatable bonds is 12. The second-order valence-electron chi connectivity index (χ2n) is 10.2. The van der Waals surface area contributed by atoms with E-state index in [-0.39, 0.29) is 30.0 Å². The third kappa shape index (κ3) is 6.86. The molecule has 12 heteroatoms. The fourth-order valence-electron chi connectivity index (χ4n) is 5.04. The van der Waals surface area contributed by atoms with Gasteiger partial charge in [-0.3, -0.25) is 19.5 Å². The fourth-order valence-corrected chi connectivity index (χ4v) is 6.08. The Hall–Kier alpha value is -5.23. The number of carbonyl (C=O) groups is 1. The van der Waals surface area contributed by atoms with Crippen molar-refractivity contribution in [2.75, 3.05) is 19.8 Å². The number of non-ortho nitro benzene ring substituents is 1. The van der Waals surface area contributed by atoms with E-state index in [0.717, 1.165) is 11.1 Å². The van der Waals surface area contributed by atoms with Crippen LogP contribution in [0.25, 0.3) is 6.08 Å². The average Bonchev–Trinajstić information content (AvgIpc) is 3.35. The molecule has 238 valence electrons. The summed E-state index contributed by atoms with van der Waals surface area (Å²) in [6.45, 7) is 8.51. The lowest BCUT2D eigenvalue weighted by atomic mass is 9.95. The van der Waals surface area contributed by atoms with Gasteiger partial charge in [0.25, 0.3) is 11.2 Å². The number of benzene rings is 3. The van der Waals surface area contributed by atoms with Crippen LogP contribution in [-0.2, 0) is 16.1 Å². The summed E-state index contributed by atoms with van der Waals surface area (Å²) < 4.78 is 24.8. The normalized spacial score (nSPS) is 14.3. The number of fused-ring (bicyclic) bond motifs is 1. The predicted octanol–water partition coefficient (Wildman–Crippen LogP) is 5.08. The largest absolute Gasteiger partial charge is 0.490 e. The molecule has 4 aromatic rings. The van der Waals surface area contributed by atoms with Crippen LogP contribution in [0, 0.1) is 10.1 Å². The van der Waals surface area contributed by atoms with Crippen molar-refractivity contribution in [3.8, 4) is 17.2 Å². The Labute approximate surface area is 268 Å². The Balaban J connectivity index is 1.49. The minimum atomic E-state index is -0.789. The van der Waals surface area contributed by atoms with Crippen molar-refractivity contribution in [3.05, 3.63) is 124 Å². The first kappa shape index (κ1) is 32.2. The Kier molecular flexibility index (Phi) is 9.97. The van der Waals surface area contributed by atoms with Gasteiger partial charge < -0.3 is 18.9 Å². The highest BCUT2D eigenvalue weighted by Crippen LogP contribution is 2.36. The lowest BCUT2D eigenvalue weighted by Crippen LogP contribution is -2.40. The van der Waals surface area contributed by atoms with Crippen molar-refractivity contribution in [1.82, 2.24) is 4.57 Å². The van der Waals surface area contributed by atoms with Gasteiger partial charge in [0, 0.05) is 12.1 Å². The maximum atomic E-state index is 14.0. The first-order valence-electron chi connectivity index (χ1n) is 14.8. The summed E-state index contributed by atoms with van der Waals surface area (Å²) in [7, 11) is 0. The molecule has 5 rings (SSSR count). The van der Waals surface area contributed by atoms with Crippen LogP contribution in [0.15, 0.2) is 87.8 Å². The third-order valence-electron chi connectivity index (χ3n) is 7.13. The zero-order valence-electron chi connectivity index (χ0n) is 25.8. The second kappa shape index (κ2) is 14.2. The molecule has 0 aliphatic carbocycles. The highest BCUT2D eigenvalue weighted by molar-refractivity contribution is 7.07. The van der Waals surface area contributed by atoms with Gasteiger partial charge in [-0.15, -0.1) is 0 Å². The summed E-state index contributed by atoms with van der Waals surface area (Å²) in [4.78, 5) is 42.8. The Morgan fingerprint density at radius 1 is 0.957 bits per heavy atom. The van der Waals surface area contributed by atoms with Crippen molar-refractivity contribution in [2.24, 2.45) is 4.99 Å². The zero-order valence-corrected chi connectivity index (χ0v) is 26.7. The van der Waals surface area contributed by atoms with E-state index in [1.165, 1.54) is 28.0 Å². The molecule has 1 aliphatic rings. The number of hydrogen-bond acceptors (Lipinski definition) is 10. The summed E-state index contributed by atoms with van der Waals surface area (Å²) in [5.41, 5.74) is 2.69. The first-order valence-corrected chi connectivity index (χ1v) is 15.6. The maximum Gasteiger partial charge on any atom is 0.338 e. The number of hydrogen-bond donors (Lipinski definition) is 0. The number of esters is 1. The first-order chi connectivity index (χ1) is 22.2. The van der Waals surface area contributed by atoms with E-state index >= 15 is 0 Å². The van der Waals surface area contributed by atoms with Gasteiger partial charge in [0.1, 0.15) is 12.4 Å². The van der Waals surface area contributed by atoms with Gasteiger partial charge in [0.15, 0.2) is 16.3 Å². The number of carbonyl (C=O) groups excluding carboxylic acids is 1. The SMILES string of the molecule is CCOC(=O)C1=C(C)N=c2s/c(=C\c3ccc(OCc4ccc([N+](=O)[O-])cc4)cc3)c(=O)n2[C@@H]1c1ccc(OCC)c(OCC)c1. The van der Waals surface area contributed by atoms with Gasteiger partial charge in [0.05, 0.1) is 46.6 Å². The number of nitro groups is 1. The van der Waals surface area contributed by atoms with E-state index in [4.69, 9.17) is 18.9 Å². The predicted molar refractivity (Wildman–Crippen MR) is 173 cm³/mol. The molecular weight excluding hydrogens is 610 g/mol. The van der Waals surface area contributed by atoms with Gasteiger partial charge in [-0.1, -0.05) is 29.5 Å². The Morgan fingerprint density at radius 3 is 2.30 bits per heavy atom. The average molecular weight is 644 g/mol. The molecule has 0 N–H and O–H groups in total. The molecule has 0 unspecified atom stereocenters. The van der Waals surface area contributed by atoms with E-state index in [0.29, 0.717) is 51.1 Å². The molecule has 2 heterocycles. The Morgan fingerprint density at radius 2 is 1.65 bits per heavy atom. The van der Waals surface area contributed by atoms with Crippen LogP contribution in [0.5, 0.6) is 17.2 Å². The number of ether oxygens (including phenoxy) is 4. The third-order valence-corrected chi connectivity index (χ3v) is 8.11. The van der Waals surface area contributed by atoms with Gasteiger partial charge >= 0.3 is 5.97 Å². The molecule has 0 saturated carbocycles. The summed E-state index contributed by atoms with van der Waals surface area (Å²) in [5, 5.41) is 10.9. The van der Waals surface area contributed by atoms with Crippen LogP contribution >= 0.6 is 11.3 Å². The molecule has 46 heavy (non-hydrogen) atoms. The molecule has 1 atom stereocenters. The van der Waals surface area contributed by atoms with Crippen molar-refractivity contribution in [3.63, 3.8) is 0 Å². The van der Waals surface area contributed by atoms with Crippen molar-refractivity contribution in [2.45, 2.75) is 40.3 Å². The second-order valence-corrected chi connectivity index (χ2v) is 11.2. The Bertz CT molecular complexity index is 1960. The topological polar surface area (TPSA) is 131 Å². The smallest absolute Gasteiger partial charge is 0.338 e. The molecular formula is C34H33N3O8S. The number of thiazole rings is 1. The van der Waals surface area contributed by atoms with Crippen LogP contribution in [0.3, 0.4) is 0 Å². The summed E-state index contributed by atoms with van der Waals surface area (Å²) in [6, 6.07) is 18.0. The van der Waals surface area contributed by atoms with Crippen LogP contribution in [0.4, 0.5) is 5.69 Å². The quantitative estimate of drug-likeness (QED) is 0.119. The lowest BCUT2D eigenvalue weighted by Gasteiger charge is -2.25. The maximum absolute atomic E-state index is 14.0. The fraction of sp³-hybridized carbons (Fsp3) is 0.265. The zero-order chi connectivity index (χ0) is 32.8. The molecule has 0 radical (unpaired) electrons. The molecule has 1 aliphatic heterocycles. The number of aromatic nitrogens is 1. The van der Waals surface area contributed by atoms with E-state index in [2.05, 4.69) is 4.99 Å². The van der Waals surface area contributed by atoms with Crippen molar-refractivity contribution < 1.29 is 28.7 Å². The number of nitrogens with zero attached hydrogens (tertiary/aromatic N) is 3. The van der Waals surface area contributed by atoms with Crippen LogP contribution in [-0.4, -0.2) is 35.3 Å². The minimum Gasteiger partial charge on any atom is -0.490 e. The van der Waals surface area contributed by atoms with Gasteiger partial charge in [-0.25, -0.2) is 9.79 Å². The molecule has 0 spiro atoms. The monoisotopic (exact) mass is 643 g/mol. The van der Waals surface area contributed by atoms with Gasteiger partial charge in [-0.05, 0) is 86.9 Å². The molecule has 0 saturated heterocycles. The lowest BCUT2D eigenvalue weighted by molar-refractivity contribution is -0.384. The van der Waals surface area contributed by atoms with Crippen molar-refractivity contribution in [1.29, 1.82) is 0 Å². The molecule has 3 aromatic carbocycles. The molecule has 0 fully saturated rings. The molecule has 0 bridgehead atoms. The van der Waals surface area contributed by atoms with Crippen LogP contribution in [0.1, 0.15) is 50.4 Å². The van der Waals surface area contributed by atoms with E-state index in [9.17, 15) is 19.7 Å². The summed E-state index contributed by atoms with van der Waals surface area (Å²) in [5.74, 6) is 1.14. The summed E-state index contributed by atoms with van der Waals surface area (Å²) in [6.07, 6.45) is 1.77. The molecule has 0 amide bonds.